The largest absolute Gasteiger partial charge is 0.396 e. The fourth-order valence-electron chi connectivity index (χ4n) is 1.54. The van der Waals surface area contributed by atoms with Gasteiger partial charge in [-0.25, -0.2) is 0 Å². The van der Waals surface area contributed by atoms with E-state index in [1.165, 1.54) is 6.08 Å². The van der Waals surface area contributed by atoms with Gasteiger partial charge in [-0.2, -0.15) is 0 Å². The molecule has 0 aliphatic heterocycles. The number of carbonyl (C=O) groups is 1. The molecule has 1 aromatic rings. The van der Waals surface area contributed by atoms with E-state index in [1.807, 2.05) is 25.1 Å². The summed E-state index contributed by atoms with van der Waals surface area (Å²) in [6.07, 6.45) is 4.62. The van der Waals surface area contributed by atoms with Gasteiger partial charge in [-0.1, -0.05) is 29.8 Å². The van der Waals surface area contributed by atoms with Crippen molar-refractivity contribution >= 4 is 23.6 Å². The zero-order chi connectivity index (χ0) is 13.4. The summed E-state index contributed by atoms with van der Waals surface area (Å²) in [5.41, 5.74) is 0.817. The number of amides is 1. The van der Waals surface area contributed by atoms with E-state index < -0.39 is 0 Å². The van der Waals surface area contributed by atoms with Crippen LogP contribution in [0.3, 0.4) is 0 Å². The SMILES string of the molecule is CC(CCCO)NC(=O)C=Cc1ccccc1Cl. The lowest BCUT2D eigenvalue weighted by Gasteiger charge is -2.11. The van der Waals surface area contributed by atoms with Gasteiger partial charge in [-0.3, -0.25) is 4.79 Å². The lowest BCUT2D eigenvalue weighted by molar-refractivity contribution is -0.117. The Hall–Kier alpha value is -1.32. The lowest BCUT2D eigenvalue weighted by atomic mass is 10.2. The predicted molar refractivity (Wildman–Crippen MR) is 74.4 cm³/mol. The summed E-state index contributed by atoms with van der Waals surface area (Å²) < 4.78 is 0. The normalized spacial score (nSPS) is 12.6. The molecular weight excluding hydrogens is 250 g/mol. The Balaban J connectivity index is 2.47. The zero-order valence-electron chi connectivity index (χ0n) is 10.4. The molecule has 18 heavy (non-hydrogen) atoms. The summed E-state index contributed by atoms with van der Waals surface area (Å²) in [6, 6.07) is 7.40. The molecule has 1 atom stereocenters. The number of hydrogen-bond donors (Lipinski definition) is 2. The van der Waals surface area contributed by atoms with Crippen molar-refractivity contribution in [3.05, 3.63) is 40.9 Å². The van der Waals surface area contributed by atoms with Crippen LogP contribution in [0, 0.1) is 0 Å². The molecule has 3 nitrogen and oxygen atoms in total. The first-order valence-corrected chi connectivity index (χ1v) is 6.35. The van der Waals surface area contributed by atoms with Crippen LogP contribution in [0.4, 0.5) is 0 Å². The van der Waals surface area contributed by atoms with Crippen molar-refractivity contribution in [1.29, 1.82) is 0 Å². The number of rotatable bonds is 6. The Bertz CT molecular complexity index is 418. The fourth-order valence-corrected chi connectivity index (χ4v) is 1.74. The highest BCUT2D eigenvalue weighted by atomic mass is 35.5. The van der Waals surface area contributed by atoms with E-state index in [9.17, 15) is 4.79 Å². The summed E-state index contributed by atoms with van der Waals surface area (Å²) in [6.45, 7) is 2.06. The second-order valence-corrected chi connectivity index (χ2v) is 4.54. The number of aliphatic hydroxyl groups excluding tert-OH is 1. The predicted octanol–water partition coefficient (Wildman–Crippen LogP) is 2.63. The molecule has 0 heterocycles. The first kappa shape index (κ1) is 14.7. The number of benzene rings is 1. The standard InChI is InChI=1S/C14H18ClNO2/c1-11(5-4-10-17)16-14(18)9-8-12-6-2-3-7-13(12)15/h2-3,6-9,11,17H,4-5,10H2,1H3,(H,16,18). The van der Waals surface area contributed by atoms with Crippen LogP contribution in [-0.4, -0.2) is 23.7 Å². The van der Waals surface area contributed by atoms with Gasteiger partial charge in [0.1, 0.15) is 0 Å². The van der Waals surface area contributed by atoms with Crippen molar-refractivity contribution in [3.63, 3.8) is 0 Å². The van der Waals surface area contributed by atoms with Gasteiger partial charge in [0.05, 0.1) is 0 Å². The van der Waals surface area contributed by atoms with Crippen LogP contribution in [0.1, 0.15) is 25.3 Å². The van der Waals surface area contributed by atoms with E-state index in [-0.39, 0.29) is 18.6 Å². The van der Waals surface area contributed by atoms with Gasteiger partial charge in [0, 0.05) is 23.7 Å². The van der Waals surface area contributed by atoms with Crippen LogP contribution < -0.4 is 5.32 Å². The molecule has 0 saturated carbocycles. The average molecular weight is 268 g/mol. The summed E-state index contributed by atoms with van der Waals surface area (Å²) in [4.78, 5) is 11.6. The number of aliphatic hydroxyl groups is 1. The Morgan fingerprint density at radius 3 is 2.89 bits per heavy atom. The van der Waals surface area contributed by atoms with E-state index in [0.29, 0.717) is 11.4 Å². The summed E-state index contributed by atoms with van der Waals surface area (Å²) in [5, 5.41) is 12.1. The van der Waals surface area contributed by atoms with Crippen molar-refractivity contribution < 1.29 is 9.90 Å². The van der Waals surface area contributed by atoms with Crippen LogP contribution in [0.5, 0.6) is 0 Å². The molecule has 4 heteroatoms. The number of nitrogens with one attached hydrogen (secondary N) is 1. The highest BCUT2D eigenvalue weighted by Crippen LogP contribution is 2.16. The molecule has 0 bridgehead atoms. The van der Waals surface area contributed by atoms with Gasteiger partial charge in [0.25, 0.3) is 0 Å². The van der Waals surface area contributed by atoms with Crippen molar-refractivity contribution in [2.24, 2.45) is 0 Å². The van der Waals surface area contributed by atoms with Crippen LogP contribution in [0.15, 0.2) is 30.3 Å². The molecule has 0 radical (unpaired) electrons. The quantitative estimate of drug-likeness (QED) is 0.779. The molecule has 1 aromatic carbocycles. The average Bonchev–Trinajstić information content (AvgIpc) is 2.35. The third-order valence-corrected chi connectivity index (χ3v) is 2.85. The monoisotopic (exact) mass is 267 g/mol. The van der Waals surface area contributed by atoms with Crippen molar-refractivity contribution in [1.82, 2.24) is 5.32 Å². The van der Waals surface area contributed by atoms with Crippen molar-refractivity contribution in [2.45, 2.75) is 25.8 Å². The van der Waals surface area contributed by atoms with E-state index in [4.69, 9.17) is 16.7 Å². The smallest absolute Gasteiger partial charge is 0.244 e. The summed E-state index contributed by atoms with van der Waals surface area (Å²) in [5.74, 6) is -0.152. The van der Waals surface area contributed by atoms with Crippen LogP contribution in [-0.2, 0) is 4.79 Å². The molecular formula is C14H18ClNO2. The van der Waals surface area contributed by atoms with Crippen LogP contribution in [0.25, 0.3) is 6.08 Å². The molecule has 98 valence electrons. The van der Waals surface area contributed by atoms with Crippen LogP contribution in [0.2, 0.25) is 5.02 Å². The molecule has 2 N–H and O–H groups in total. The van der Waals surface area contributed by atoms with E-state index >= 15 is 0 Å². The second kappa shape index (κ2) is 7.90. The van der Waals surface area contributed by atoms with Gasteiger partial charge >= 0.3 is 0 Å². The van der Waals surface area contributed by atoms with Gasteiger partial charge < -0.3 is 10.4 Å². The van der Waals surface area contributed by atoms with E-state index in [2.05, 4.69) is 5.32 Å². The zero-order valence-corrected chi connectivity index (χ0v) is 11.2. The van der Waals surface area contributed by atoms with Gasteiger partial charge in [-0.05, 0) is 37.5 Å². The van der Waals surface area contributed by atoms with Gasteiger partial charge in [0.15, 0.2) is 0 Å². The fraction of sp³-hybridized carbons (Fsp3) is 0.357. The minimum atomic E-state index is -0.152. The van der Waals surface area contributed by atoms with Gasteiger partial charge in [0.2, 0.25) is 5.91 Å². The maximum Gasteiger partial charge on any atom is 0.244 e. The molecule has 1 amide bonds. The highest BCUT2D eigenvalue weighted by Gasteiger charge is 2.04. The lowest BCUT2D eigenvalue weighted by Crippen LogP contribution is -2.31. The van der Waals surface area contributed by atoms with Crippen LogP contribution >= 0.6 is 11.6 Å². The molecule has 1 rings (SSSR count). The Morgan fingerprint density at radius 1 is 1.50 bits per heavy atom. The number of halogens is 1. The van der Waals surface area contributed by atoms with Gasteiger partial charge in [-0.15, -0.1) is 0 Å². The van der Waals surface area contributed by atoms with Crippen molar-refractivity contribution in [2.75, 3.05) is 6.61 Å². The minimum absolute atomic E-state index is 0.0561. The number of hydrogen-bond acceptors (Lipinski definition) is 2. The van der Waals surface area contributed by atoms with E-state index in [0.717, 1.165) is 12.0 Å². The summed E-state index contributed by atoms with van der Waals surface area (Å²) >= 11 is 5.97. The number of carbonyl (C=O) groups excluding carboxylic acids is 1. The third kappa shape index (κ3) is 5.34. The minimum Gasteiger partial charge on any atom is -0.396 e. The molecule has 1 unspecified atom stereocenters. The second-order valence-electron chi connectivity index (χ2n) is 4.13. The molecule has 0 aliphatic rings. The maximum atomic E-state index is 11.6. The Morgan fingerprint density at radius 2 is 2.22 bits per heavy atom. The first-order valence-electron chi connectivity index (χ1n) is 5.97. The molecule has 0 fully saturated rings. The third-order valence-electron chi connectivity index (χ3n) is 2.50. The Kier molecular flexibility index (Phi) is 6.47. The molecule has 0 spiro atoms. The highest BCUT2D eigenvalue weighted by molar-refractivity contribution is 6.32. The maximum absolute atomic E-state index is 11.6. The molecule has 0 aliphatic carbocycles. The van der Waals surface area contributed by atoms with E-state index in [1.54, 1.807) is 12.1 Å². The summed E-state index contributed by atoms with van der Waals surface area (Å²) in [7, 11) is 0. The van der Waals surface area contributed by atoms with Crippen molar-refractivity contribution in [3.8, 4) is 0 Å². The topological polar surface area (TPSA) is 49.3 Å². The first-order chi connectivity index (χ1) is 8.63. The molecule has 0 aromatic heterocycles. The molecule has 0 saturated heterocycles. The Labute approximate surface area is 112 Å².